The molecule has 3 aromatic rings. The van der Waals surface area contributed by atoms with Crippen molar-refractivity contribution in [2.24, 2.45) is 5.92 Å². The number of imidazole rings is 1. The minimum absolute atomic E-state index is 0.0324. The van der Waals surface area contributed by atoms with E-state index in [1.807, 2.05) is 29.2 Å². The monoisotopic (exact) mass is 436 g/mol. The highest BCUT2D eigenvalue weighted by molar-refractivity contribution is 8.04. The molecule has 2 amide bonds. The molecular formula is C23H24N4O3S. The van der Waals surface area contributed by atoms with Gasteiger partial charge < -0.3 is 14.6 Å². The first-order chi connectivity index (χ1) is 15.2. The molecule has 8 heteroatoms. The van der Waals surface area contributed by atoms with Crippen LogP contribution in [-0.2, 0) is 4.79 Å². The summed E-state index contributed by atoms with van der Waals surface area (Å²) < 4.78 is 7.07. The molecule has 0 bridgehead atoms. The van der Waals surface area contributed by atoms with Crippen LogP contribution in [0, 0.1) is 5.92 Å². The number of pyridine rings is 1. The number of furan rings is 1. The molecule has 1 saturated heterocycles. The third-order valence-electron chi connectivity index (χ3n) is 5.98. The van der Waals surface area contributed by atoms with Gasteiger partial charge in [0.05, 0.1) is 33.6 Å². The van der Waals surface area contributed by atoms with Crippen LogP contribution in [0.25, 0.3) is 11.7 Å². The van der Waals surface area contributed by atoms with Gasteiger partial charge in [-0.25, -0.2) is 4.98 Å². The normalized spacial score (nSPS) is 16.4. The fraction of sp³-hybridized carbons (Fsp3) is 0.348. The second kappa shape index (κ2) is 8.63. The maximum Gasteiger partial charge on any atom is 0.258 e. The van der Waals surface area contributed by atoms with E-state index in [1.54, 1.807) is 12.3 Å². The summed E-state index contributed by atoms with van der Waals surface area (Å²) in [5.41, 5.74) is 2.45. The lowest BCUT2D eigenvalue weighted by Crippen LogP contribution is -2.38. The van der Waals surface area contributed by atoms with Crippen LogP contribution in [0.1, 0.15) is 41.7 Å². The molecule has 160 valence electrons. The van der Waals surface area contributed by atoms with Crippen LogP contribution in [0.15, 0.2) is 57.3 Å². The highest BCUT2D eigenvalue weighted by Crippen LogP contribution is 2.34. The average molecular weight is 437 g/mol. The smallest absolute Gasteiger partial charge is 0.258 e. The van der Waals surface area contributed by atoms with Crippen LogP contribution in [-0.4, -0.2) is 45.7 Å². The van der Waals surface area contributed by atoms with Crippen molar-refractivity contribution in [3.8, 4) is 0 Å². The lowest BCUT2D eigenvalue weighted by atomic mass is 9.92. The Balaban J connectivity index is 1.06. The number of amides is 2. The average Bonchev–Trinajstić information content (AvgIpc) is 3.48. The number of rotatable bonds is 6. The van der Waals surface area contributed by atoms with Crippen LogP contribution >= 0.6 is 11.8 Å². The van der Waals surface area contributed by atoms with Gasteiger partial charge in [-0.15, -0.1) is 0 Å². The van der Waals surface area contributed by atoms with E-state index in [9.17, 15) is 9.59 Å². The summed E-state index contributed by atoms with van der Waals surface area (Å²) >= 11 is 1.48. The van der Waals surface area contributed by atoms with Crippen LogP contribution in [0.3, 0.4) is 0 Å². The molecule has 0 aliphatic carbocycles. The quantitative estimate of drug-likeness (QED) is 0.594. The molecule has 31 heavy (non-hydrogen) atoms. The maximum atomic E-state index is 12.6. The molecule has 0 radical (unpaired) electrons. The van der Waals surface area contributed by atoms with E-state index in [2.05, 4.69) is 14.7 Å². The number of nitrogens with one attached hydrogen (secondary N) is 1. The zero-order valence-corrected chi connectivity index (χ0v) is 17.9. The Labute approximate surface area is 184 Å². The Morgan fingerprint density at radius 3 is 2.90 bits per heavy atom. The Morgan fingerprint density at radius 1 is 1.23 bits per heavy atom. The predicted molar refractivity (Wildman–Crippen MR) is 119 cm³/mol. The molecule has 2 aliphatic rings. The van der Waals surface area contributed by atoms with Gasteiger partial charge in [-0.05, 0) is 55.9 Å². The summed E-state index contributed by atoms with van der Waals surface area (Å²) in [6.07, 6.45) is 10.8. The summed E-state index contributed by atoms with van der Waals surface area (Å²) in [5.74, 6) is 0.616. The zero-order chi connectivity index (χ0) is 21.2. The molecule has 1 N–H and O–H groups in total. The Hall–Kier alpha value is -3.00. The molecule has 0 atom stereocenters. The summed E-state index contributed by atoms with van der Waals surface area (Å²) in [7, 11) is 0. The summed E-state index contributed by atoms with van der Waals surface area (Å²) in [5, 5.41) is 4.07. The molecule has 0 spiro atoms. The number of thioether (sulfide) groups is 1. The fourth-order valence-electron chi connectivity index (χ4n) is 4.27. The summed E-state index contributed by atoms with van der Waals surface area (Å²) in [6.45, 7) is 2.22. The highest BCUT2D eigenvalue weighted by atomic mass is 32.2. The number of piperidine rings is 1. The van der Waals surface area contributed by atoms with Gasteiger partial charge in [-0.1, -0.05) is 17.8 Å². The van der Waals surface area contributed by atoms with Gasteiger partial charge in [0.25, 0.3) is 11.8 Å². The molecule has 2 aliphatic heterocycles. The molecule has 7 nitrogen and oxygen atoms in total. The second-order valence-corrected chi connectivity index (χ2v) is 9.06. The number of carbonyl (C=O) groups excluding carboxylic acids is 2. The van der Waals surface area contributed by atoms with Crippen LogP contribution in [0.2, 0.25) is 0 Å². The molecular weight excluding hydrogens is 412 g/mol. The molecule has 0 saturated carbocycles. The molecule has 0 unspecified atom stereocenters. The van der Waals surface area contributed by atoms with E-state index < -0.39 is 0 Å². The Bertz CT molecular complexity index is 1130. The number of hydrogen-bond acceptors (Lipinski definition) is 5. The van der Waals surface area contributed by atoms with Gasteiger partial charge in [0.2, 0.25) is 0 Å². The zero-order valence-electron chi connectivity index (χ0n) is 17.1. The topological polar surface area (TPSA) is 79.8 Å². The molecule has 0 aromatic carbocycles. The van der Waals surface area contributed by atoms with Gasteiger partial charge >= 0.3 is 0 Å². The van der Waals surface area contributed by atoms with Gasteiger partial charge in [-0.2, -0.15) is 0 Å². The lowest BCUT2D eigenvalue weighted by Gasteiger charge is -2.31. The van der Waals surface area contributed by atoms with Gasteiger partial charge in [0.1, 0.15) is 11.9 Å². The largest absolute Gasteiger partial charge is 0.472 e. The van der Waals surface area contributed by atoms with Crippen molar-refractivity contribution >= 4 is 35.3 Å². The molecule has 1 fully saturated rings. The van der Waals surface area contributed by atoms with E-state index in [1.165, 1.54) is 24.3 Å². The Kier molecular flexibility index (Phi) is 5.55. The van der Waals surface area contributed by atoms with E-state index in [0.29, 0.717) is 22.9 Å². The first-order valence-electron chi connectivity index (χ1n) is 10.6. The van der Waals surface area contributed by atoms with E-state index in [0.717, 1.165) is 55.1 Å². The van der Waals surface area contributed by atoms with Crippen molar-refractivity contribution in [1.82, 2.24) is 19.6 Å². The van der Waals surface area contributed by atoms with Crippen molar-refractivity contribution in [3.05, 3.63) is 59.2 Å². The number of nitrogens with zero attached hydrogens (tertiary/aromatic N) is 3. The first-order valence-corrected chi connectivity index (χ1v) is 11.5. The minimum atomic E-state index is -0.0324. The van der Waals surface area contributed by atoms with Crippen molar-refractivity contribution in [2.45, 2.75) is 30.7 Å². The van der Waals surface area contributed by atoms with Crippen molar-refractivity contribution in [2.75, 3.05) is 19.6 Å². The van der Waals surface area contributed by atoms with Gasteiger partial charge in [-0.3, -0.25) is 14.0 Å². The van der Waals surface area contributed by atoms with Gasteiger partial charge in [0, 0.05) is 19.6 Å². The van der Waals surface area contributed by atoms with E-state index in [-0.39, 0.29) is 11.8 Å². The maximum absolute atomic E-state index is 12.6. The molecule has 3 aromatic heterocycles. The van der Waals surface area contributed by atoms with Crippen LogP contribution < -0.4 is 5.32 Å². The number of hydrogen-bond donors (Lipinski definition) is 1. The second-order valence-electron chi connectivity index (χ2n) is 8.00. The number of aromatic nitrogens is 2. The van der Waals surface area contributed by atoms with E-state index >= 15 is 0 Å². The Morgan fingerprint density at radius 2 is 2.10 bits per heavy atom. The standard InChI is InChI=1S/C23H24N4O3S/c28-22(19-13-18-14-25-20-4-1-5-21(31-19)27(18)20)24-9-2-3-16-6-10-26(11-7-16)23(29)17-8-12-30-15-17/h1,4-5,8,12-16H,2-3,6-7,9-11H2,(H,24,28). The third-order valence-corrected chi connectivity index (χ3v) is 7.03. The van der Waals surface area contributed by atoms with Crippen LogP contribution in [0.5, 0.6) is 0 Å². The first kappa shape index (κ1) is 19.9. The van der Waals surface area contributed by atoms with Crippen molar-refractivity contribution in [1.29, 1.82) is 0 Å². The lowest BCUT2D eigenvalue weighted by molar-refractivity contribution is -0.116. The van der Waals surface area contributed by atoms with Crippen molar-refractivity contribution in [3.63, 3.8) is 0 Å². The van der Waals surface area contributed by atoms with Crippen LogP contribution in [0.4, 0.5) is 0 Å². The minimum Gasteiger partial charge on any atom is -0.472 e. The van der Waals surface area contributed by atoms with E-state index in [4.69, 9.17) is 4.42 Å². The summed E-state index contributed by atoms with van der Waals surface area (Å²) in [6, 6.07) is 7.64. The molecule has 5 rings (SSSR count). The number of likely N-dealkylation sites (tertiary alicyclic amines) is 1. The van der Waals surface area contributed by atoms with Gasteiger partial charge in [0.15, 0.2) is 0 Å². The van der Waals surface area contributed by atoms with Crippen molar-refractivity contribution < 1.29 is 14.0 Å². The fourth-order valence-corrected chi connectivity index (χ4v) is 5.28. The SMILES string of the molecule is O=C(NCCCC1CCN(C(=O)c2ccoc2)CC1)C1=Cc2cnc3cccc(n23)S1. The number of carbonyl (C=O) groups is 2. The highest BCUT2D eigenvalue weighted by Gasteiger charge is 2.24. The predicted octanol–water partition coefficient (Wildman–Crippen LogP) is 3.82. The molecule has 5 heterocycles. The summed E-state index contributed by atoms with van der Waals surface area (Å²) in [4.78, 5) is 32.0. The third kappa shape index (κ3) is 4.12.